The molecule has 0 bridgehead atoms. The lowest BCUT2D eigenvalue weighted by Crippen LogP contribution is -2.45. The minimum atomic E-state index is -4.27. The number of rotatable bonds is 3. The van der Waals surface area contributed by atoms with Crippen molar-refractivity contribution >= 4 is 5.69 Å². The van der Waals surface area contributed by atoms with Gasteiger partial charge in [0, 0.05) is 38.4 Å². The van der Waals surface area contributed by atoms with Crippen molar-refractivity contribution in [2.24, 2.45) is 0 Å². The van der Waals surface area contributed by atoms with Gasteiger partial charge in [-0.15, -0.1) is 0 Å². The van der Waals surface area contributed by atoms with Gasteiger partial charge in [0.05, 0.1) is 5.56 Å². The maximum absolute atomic E-state index is 12.6. The summed E-state index contributed by atoms with van der Waals surface area (Å²) in [5.41, 5.74) is 2.83. The molecule has 1 aliphatic heterocycles. The second kappa shape index (κ2) is 6.85. The van der Waals surface area contributed by atoms with Crippen molar-refractivity contribution in [1.29, 1.82) is 0 Å². The number of benzene rings is 2. The molecule has 0 aliphatic carbocycles. The van der Waals surface area contributed by atoms with Crippen molar-refractivity contribution in [3.8, 4) is 0 Å². The molecule has 1 fully saturated rings. The predicted molar refractivity (Wildman–Crippen MR) is 90.1 cm³/mol. The van der Waals surface area contributed by atoms with Crippen LogP contribution in [0.1, 0.15) is 16.7 Å². The molecule has 2 aromatic carbocycles. The van der Waals surface area contributed by atoms with Gasteiger partial charge in [-0.05, 0) is 42.3 Å². The quantitative estimate of drug-likeness (QED) is 0.824. The number of alkyl halides is 3. The van der Waals surface area contributed by atoms with Crippen molar-refractivity contribution in [2.45, 2.75) is 19.6 Å². The second-order valence-corrected chi connectivity index (χ2v) is 6.30. The van der Waals surface area contributed by atoms with E-state index in [9.17, 15) is 13.2 Å². The average molecular weight is 334 g/mol. The molecule has 1 heterocycles. The van der Waals surface area contributed by atoms with E-state index in [1.54, 1.807) is 12.1 Å². The number of hydrogen-bond donors (Lipinski definition) is 0. The summed E-state index contributed by atoms with van der Waals surface area (Å²) in [6.07, 6.45) is -4.27. The van der Waals surface area contributed by atoms with E-state index in [0.717, 1.165) is 31.7 Å². The van der Waals surface area contributed by atoms with E-state index in [0.29, 0.717) is 6.54 Å². The van der Waals surface area contributed by atoms with Crippen molar-refractivity contribution in [3.05, 3.63) is 65.2 Å². The fourth-order valence-electron chi connectivity index (χ4n) is 3.05. The maximum Gasteiger partial charge on any atom is 0.416 e. The average Bonchev–Trinajstić information content (AvgIpc) is 2.55. The number of hydrogen-bond acceptors (Lipinski definition) is 2. The first-order valence-electron chi connectivity index (χ1n) is 8.12. The Kier molecular flexibility index (Phi) is 4.81. The van der Waals surface area contributed by atoms with Gasteiger partial charge in [0.2, 0.25) is 0 Å². The predicted octanol–water partition coefficient (Wildman–Crippen LogP) is 4.34. The van der Waals surface area contributed by atoms with Gasteiger partial charge in [0.25, 0.3) is 0 Å². The summed E-state index contributed by atoms with van der Waals surface area (Å²) < 4.78 is 37.8. The molecule has 0 spiro atoms. The van der Waals surface area contributed by atoms with E-state index in [1.807, 2.05) is 0 Å². The Morgan fingerprint density at radius 1 is 0.917 bits per heavy atom. The molecule has 0 aromatic heterocycles. The molecule has 2 aromatic rings. The lowest BCUT2D eigenvalue weighted by Gasteiger charge is -2.36. The fourth-order valence-corrected chi connectivity index (χ4v) is 3.05. The topological polar surface area (TPSA) is 6.48 Å². The van der Waals surface area contributed by atoms with Crippen LogP contribution in [0, 0.1) is 6.92 Å². The first-order chi connectivity index (χ1) is 11.4. The summed E-state index contributed by atoms with van der Waals surface area (Å²) in [6, 6.07) is 14.0. The van der Waals surface area contributed by atoms with Gasteiger partial charge in [-0.3, -0.25) is 4.90 Å². The van der Waals surface area contributed by atoms with E-state index >= 15 is 0 Å². The molecule has 128 valence electrons. The molecule has 0 amide bonds. The van der Waals surface area contributed by atoms with Crippen LogP contribution < -0.4 is 4.90 Å². The van der Waals surface area contributed by atoms with Gasteiger partial charge in [0.15, 0.2) is 0 Å². The lowest BCUT2D eigenvalue weighted by atomic mass is 10.1. The molecule has 0 radical (unpaired) electrons. The Morgan fingerprint density at radius 3 is 2.17 bits per heavy atom. The standard InChI is InChI=1S/C19H21F3N2/c1-15-3-2-4-18(13-15)24-11-9-23(10-12-24)14-16-5-7-17(8-6-16)19(20,21)22/h2-8,13H,9-12,14H2,1H3. The lowest BCUT2D eigenvalue weighted by molar-refractivity contribution is -0.137. The van der Waals surface area contributed by atoms with Crippen LogP contribution in [0.3, 0.4) is 0 Å². The zero-order valence-corrected chi connectivity index (χ0v) is 13.7. The van der Waals surface area contributed by atoms with Crippen molar-refractivity contribution < 1.29 is 13.2 Å². The largest absolute Gasteiger partial charge is 0.416 e. The third kappa shape index (κ3) is 4.09. The summed E-state index contributed by atoms with van der Waals surface area (Å²) >= 11 is 0. The minimum absolute atomic E-state index is 0.587. The molecule has 0 N–H and O–H groups in total. The normalized spacial score (nSPS) is 16.4. The van der Waals surface area contributed by atoms with Gasteiger partial charge in [0.1, 0.15) is 0 Å². The smallest absolute Gasteiger partial charge is 0.369 e. The fraction of sp³-hybridized carbons (Fsp3) is 0.368. The van der Waals surface area contributed by atoms with Crippen molar-refractivity contribution in [2.75, 3.05) is 31.1 Å². The zero-order chi connectivity index (χ0) is 17.2. The summed E-state index contributed by atoms with van der Waals surface area (Å²) in [5.74, 6) is 0. The molecule has 5 heteroatoms. The highest BCUT2D eigenvalue weighted by molar-refractivity contribution is 5.48. The Morgan fingerprint density at radius 2 is 1.58 bits per heavy atom. The number of halogens is 3. The number of anilines is 1. The van der Waals surface area contributed by atoms with E-state index < -0.39 is 11.7 Å². The first-order valence-corrected chi connectivity index (χ1v) is 8.12. The Labute approximate surface area is 140 Å². The third-order valence-corrected chi connectivity index (χ3v) is 4.43. The van der Waals surface area contributed by atoms with Crippen LogP contribution in [0.25, 0.3) is 0 Å². The highest BCUT2D eigenvalue weighted by atomic mass is 19.4. The molecular formula is C19H21F3N2. The maximum atomic E-state index is 12.6. The van der Waals surface area contributed by atoms with Gasteiger partial charge in [-0.2, -0.15) is 13.2 Å². The molecule has 1 aliphatic rings. The summed E-state index contributed by atoms with van der Waals surface area (Å²) in [6.45, 7) is 6.47. The van der Waals surface area contributed by atoms with Crippen LogP contribution in [0.4, 0.5) is 18.9 Å². The van der Waals surface area contributed by atoms with Gasteiger partial charge < -0.3 is 4.90 Å². The van der Waals surface area contributed by atoms with Crippen LogP contribution in [0.15, 0.2) is 48.5 Å². The molecule has 0 atom stereocenters. The van der Waals surface area contributed by atoms with Crippen LogP contribution in [-0.4, -0.2) is 31.1 Å². The van der Waals surface area contributed by atoms with Crippen LogP contribution >= 0.6 is 0 Å². The number of piperazine rings is 1. The SMILES string of the molecule is Cc1cccc(N2CCN(Cc3ccc(C(F)(F)F)cc3)CC2)c1. The highest BCUT2D eigenvalue weighted by Gasteiger charge is 2.30. The van der Waals surface area contributed by atoms with E-state index in [-0.39, 0.29) is 0 Å². The zero-order valence-electron chi connectivity index (χ0n) is 13.7. The molecule has 24 heavy (non-hydrogen) atoms. The third-order valence-electron chi connectivity index (χ3n) is 4.43. The minimum Gasteiger partial charge on any atom is -0.369 e. The Hall–Kier alpha value is -2.01. The highest BCUT2D eigenvalue weighted by Crippen LogP contribution is 2.29. The molecule has 1 saturated heterocycles. The molecular weight excluding hydrogens is 313 g/mol. The molecule has 0 unspecified atom stereocenters. The van der Waals surface area contributed by atoms with Gasteiger partial charge >= 0.3 is 6.18 Å². The second-order valence-electron chi connectivity index (χ2n) is 6.30. The molecule has 3 rings (SSSR count). The molecule has 0 saturated carbocycles. The van der Waals surface area contributed by atoms with Crippen LogP contribution in [0.2, 0.25) is 0 Å². The first kappa shape index (κ1) is 16.8. The van der Waals surface area contributed by atoms with E-state index in [2.05, 4.69) is 41.0 Å². The summed E-state index contributed by atoms with van der Waals surface area (Å²) in [4.78, 5) is 4.64. The van der Waals surface area contributed by atoms with Gasteiger partial charge in [-0.1, -0.05) is 24.3 Å². The Bertz CT molecular complexity index is 672. The van der Waals surface area contributed by atoms with Crippen LogP contribution in [0.5, 0.6) is 0 Å². The van der Waals surface area contributed by atoms with Gasteiger partial charge in [-0.25, -0.2) is 0 Å². The summed E-state index contributed by atoms with van der Waals surface area (Å²) in [5, 5.41) is 0. The van der Waals surface area contributed by atoms with E-state index in [1.165, 1.54) is 23.4 Å². The monoisotopic (exact) mass is 334 g/mol. The van der Waals surface area contributed by atoms with Crippen LogP contribution in [-0.2, 0) is 12.7 Å². The van der Waals surface area contributed by atoms with Crippen molar-refractivity contribution in [3.63, 3.8) is 0 Å². The number of nitrogens with zero attached hydrogens (tertiary/aromatic N) is 2. The Balaban J connectivity index is 1.55. The van der Waals surface area contributed by atoms with Crippen molar-refractivity contribution in [1.82, 2.24) is 4.90 Å². The summed E-state index contributed by atoms with van der Waals surface area (Å²) in [7, 11) is 0. The molecule has 2 nitrogen and oxygen atoms in total. The van der Waals surface area contributed by atoms with E-state index in [4.69, 9.17) is 0 Å². The number of aryl methyl sites for hydroxylation is 1.